The first-order valence-electron chi connectivity index (χ1n) is 8.08. The van der Waals surface area contributed by atoms with Crippen LogP contribution in [-0.4, -0.2) is 16.6 Å². The van der Waals surface area contributed by atoms with Crippen LogP contribution in [0.5, 0.6) is 0 Å². The van der Waals surface area contributed by atoms with Crippen molar-refractivity contribution >= 4 is 16.6 Å². The Labute approximate surface area is 124 Å². The van der Waals surface area contributed by atoms with Gasteiger partial charge in [-0.25, -0.2) is 0 Å². The molecule has 0 aliphatic rings. The van der Waals surface area contributed by atoms with E-state index in [9.17, 15) is 0 Å². The average molecular weight is 301 g/mol. The second-order valence-corrected chi connectivity index (χ2v) is 16.3. The van der Waals surface area contributed by atoms with Crippen molar-refractivity contribution in [3.63, 3.8) is 0 Å². The topological polar surface area (TPSA) is 9.23 Å². The highest BCUT2D eigenvalue weighted by Crippen LogP contribution is 2.21. The van der Waals surface area contributed by atoms with Crippen LogP contribution >= 0.6 is 0 Å². The van der Waals surface area contributed by atoms with Gasteiger partial charge in [-0.15, -0.1) is 6.58 Å². The number of hydrogen-bond acceptors (Lipinski definition) is 1. The quantitative estimate of drug-likeness (QED) is 0.232. The lowest BCUT2D eigenvalue weighted by atomic mass is 10.1. The number of rotatable bonds is 12. The van der Waals surface area contributed by atoms with Crippen molar-refractivity contribution in [2.75, 3.05) is 0 Å². The Morgan fingerprint density at radius 2 is 1.26 bits per heavy atom. The Balaban J connectivity index is 3.45. The van der Waals surface area contributed by atoms with Gasteiger partial charge in [0.25, 0.3) is 0 Å². The number of hydrogen-bond donors (Lipinski definition) is 0. The second kappa shape index (κ2) is 9.95. The van der Waals surface area contributed by atoms with E-state index in [1.165, 1.54) is 57.4 Å². The molecule has 0 radical (unpaired) electrons. The summed E-state index contributed by atoms with van der Waals surface area (Å²) in [4.78, 5) is 0. The van der Waals surface area contributed by atoms with Crippen LogP contribution in [0.15, 0.2) is 12.7 Å². The van der Waals surface area contributed by atoms with E-state index < -0.39 is 16.6 Å². The maximum Gasteiger partial charge on any atom is 0.173 e. The molecule has 0 aliphatic heterocycles. The minimum absolute atomic E-state index is 1.19. The van der Waals surface area contributed by atoms with Crippen LogP contribution in [0, 0.1) is 0 Å². The first-order valence-corrected chi connectivity index (χ1v) is 14.6. The molecule has 0 unspecified atom stereocenters. The summed E-state index contributed by atoms with van der Waals surface area (Å²) in [6.07, 6.45) is 12.9. The highest BCUT2D eigenvalue weighted by atomic mass is 28.4. The van der Waals surface area contributed by atoms with E-state index in [1.807, 2.05) is 6.08 Å². The minimum atomic E-state index is -1.37. The van der Waals surface area contributed by atoms with E-state index in [2.05, 4.69) is 39.3 Å². The Hall–Kier alpha value is 0.134. The summed E-state index contributed by atoms with van der Waals surface area (Å²) in [7, 11) is -2.71. The zero-order valence-corrected chi connectivity index (χ0v) is 16.1. The van der Waals surface area contributed by atoms with Crippen molar-refractivity contribution in [3.8, 4) is 0 Å². The van der Waals surface area contributed by atoms with Gasteiger partial charge in [0.2, 0.25) is 0 Å². The lowest BCUT2D eigenvalue weighted by Crippen LogP contribution is -2.42. The molecular formula is C16H36OSi2. The van der Waals surface area contributed by atoms with Crippen molar-refractivity contribution in [1.82, 2.24) is 0 Å². The fourth-order valence-electron chi connectivity index (χ4n) is 2.60. The first-order chi connectivity index (χ1) is 8.77. The fraction of sp³-hybridized carbons (Fsp3) is 0.875. The van der Waals surface area contributed by atoms with Gasteiger partial charge < -0.3 is 4.12 Å². The van der Waals surface area contributed by atoms with Crippen molar-refractivity contribution in [1.29, 1.82) is 0 Å². The van der Waals surface area contributed by atoms with Gasteiger partial charge in [0.1, 0.15) is 0 Å². The fourth-order valence-corrected chi connectivity index (χ4v) is 10.7. The number of allylic oxidation sites excluding steroid dienone is 1. The molecule has 0 saturated carbocycles. The zero-order chi connectivity index (χ0) is 14.8. The molecule has 0 aromatic heterocycles. The molecule has 0 atom stereocenters. The van der Waals surface area contributed by atoms with Crippen LogP contribution < -0.4 is 0 Å². The molecule has 0 N–H and O–H groups in total. The van der Waals surface area contributed by atoms with Crippen molar-refractivity contribution in [2.24, 2.45) is 0 Å². The summed E-state index contributed by atoms with van der Waals surface area (Å²) in [5, 5.41) is 0. The van der Waals surface area contributed by atoms with E-state index in [-0.39, 0.29) is 0 Å². The lowest BCUT2D eigenvalue weighted by molar-refractivity contribution is 0.534. The van der Waals surface area contributed by atoms with E-state index in [1.54, 1.807) is 0 Å². The van der Waals surface area contributed by atoms with Gasteiger partial charge in [-0.3, -0.25) is 0 Å². The smallest absolute Gasteiger partial charge is 0.173 e. The van der Waals surface area contributed by atoms with Crippen molar-refractivity contribution in [3.05, 3.63) is 12.7 Å². The van der Waals surface area contributed by atoms with Gasteiger partial charge in [0.15, 0.2) is 16.6 Å². The Kier molecular flexibility index (Phi) is 10.0. The van der Waals surface area contributed by atoms with Crippen LogP contribution in [0.1, 0.15) is 51.4 Å². The van der Waals surface area contributed by atoms with Crippen LogP contribution in [0.4, 0.5) is 0 Å². The average Bonchev–Trinajstić information content (AvgIpc) is 2.23. The van der Waals surface area contributed by atoms with E-state index in [0.717, 1.165) is 0 Å². The molecule has 0 bridgehead atoms. The third kappa shape index (κ3) is 14.4. The van der Waals surface area contributed by atoms with Gasteiger partial charge >= 0.3 is 0 Å². The van der Waals surface area contributed by atoms with Gasteiger partial charge in [-0.05, 0) is 51.6 Å². The molecular weight excluding hydrogens is 264 g/mol. The molecule has 1 nitrogen and oxygen atoms in total. The Morgan fingerprint density at radius 1 is 0.789 bits per heavy atom. The standard InChI is InChI=1S/C16H36OSi2/c1-7-8-9-10-11-12-13-14-15-16-19(5,6)17-18(2,3)4/h7H,1,8-16H2,2-6H3. The Morgan fingerprint density at radius 3 is 1.74 bits per heavy atom. The molecule has 0 saturated heterocycles. The van der Waals surface area contributed by atoms with Crippen molar-refractivity contribution < 1.29 is 4.12 Å². The van der Waals surface area contributed by atoms with Crippen LogP contribution in [0.2, 0.25) is 38.8 Å². The number of unbranched alkanes of at least 4 members (excludes halogenated alkanes) is 7. The first kappa shape index (κ1) is 19.1. The van der Waals surface area contributed by atoms with E-state index >= 15 is 0 Å². The molecule has 0 fully saturated rings. The van der Waals surface area contributed by atoms with Crippen LogP contribution in [0.25, 0.3) is 0 Å². The van der Waals surface area contributed by atoms with Gasteiger partial charge in [-0.2, -0.15) is 0 Å². The molecule has 0 spiro atoms. The summed E-state index contributed by atoms with van der Waals surface area (Å²) in [5.74, 6) is 0. The molecule has 0 aliphatic carbocycles. The van der Waals surface area contributed by atoms with E-state index in [4.69, 9.17) is 4.12 Å². The molecule has 3 heteroatoms. The predicted octanol–water partition coefficient (Wildman–Crippen LogP) is 6.35. The monoisotopic (exact) mass is 300 g/mol. The van der Waals surface area contributed by atoms with Gasteiger partial charge in [-0.1, -0.05) is 44.6 Å². The molecule has 0 rings (SSSR count). The zero-order valence-electron chi connectivity index (χ0n) is 14.1. The Bertz CT molecular complexity index is 231. The molecule has 0 aromatic rings. The highest BCUT2D eigenvalue weighted by Gasteiger charge is 2.28. The van der Waals surface area contributed by atoms with Crippen LogP contribution in [-0.2, 0) is 4.12 Å². The molecule has 114 valence electrons. The summed E-state index contributed by atoms with van der Waals surface area (Å²) < 4.78 is 6.37. The molecule has 19 heavy (non-hydrogen) atoms. The molecule has 0 amide bonds. The van der Waals surface area contributed by atoms with Crippen LogP contribution in [0.3, 0.4) is 0 Å². The van der Waals surface area contributed by atoms with E-state index in [0.29, 0.717) is 0 Å². The second-order valence-electron chi connectivity index (χ2n) is 7.28. The molecule has 0 aromatic carbocycles. The minimum Gasteiger partial charge on any atom is -0.456 e. The molecule has 0 heterocycles. The maximum absolute atomic E-state index is 6.37. The van der Waals surface area contributed by atoms with Crippen molar-refractivity contribution in [2.45, 2.75) is 90.1 Å². The predicted molar refractivity (Wildman–Crippen MR) is 93.9 cm³/mol. The normalized spacial score (nSPS) is 12.7. The largest absolute Gasteiger partial charge is 0.456 e. The third-order valence-electron chi connectivity index (χ3n) is 3.27. The summed E-state index contributed by atoms with van der Waals surface area (Å²) in [6.45, 7) is 15.5. The van der Waals surface area contributed by atoms with Gasteiger partial charge in [0, 0.05) is 0 Å². The summed E-state index contributed by atoms with van der Waals surface area (Å²) in [5.41, 5.74) is 0. The summed E-state index contributed by atoms with van der Waals surface area (Å²) >= 11 is 0. The highest BCUT2D eigenvalue weighted by molar-refractivity contribution is 6.84. The third-order valence-corrected chi connectivity index (χ3v) is 9.49. The lowest BCUT2D eigenvalue weighted by Gasteiger charge is -2.31. The summed E-state index contributed by atoms with van der Waals surface area (Å²) in [6, 6.07) is 1.34. The maximum atomic E-state index is 6.37. The SMILES string of the molecule is C=CCCCCCCCCC[Si](C)(C)O[Si](C)(C)C. The van der Waals surface area contributed by atoms with Gasteiger partial charge in [0.05, 0.1) is 0 Å².